The van der Waals surface area contributed by atoms with E-state index in [2.05, 4.69) is 5.32 Å². The van der Waals surface area contributed by atoms with Gasteiger partial charge in [0.05, 0.1) is 6.04 Å². The summed E-state index contributed by atoms with van der Waals surface area (Å²) in [6, 6.07) is 6.84. The van der Waals surface area contributed by atoms with Crippen LogP contribution in [0.15, 0.2) is 24.3 Å². The molecule has 0 heterocycles. The first kappa shape index (κ1) is 12.5. The van der Waals surface area contributed by atoms with Gasteiger partial charge in [-0.25, -0.2) is 0 Å². The molecule has 4 heteroatoms. The minimum absolute atomic E-state index is 0.0235. The average molecular weight is 222 g/mol. The summed E-state index contributed by atoms with van der Waals surface area (Å²) in [6.07, 6.45) is 0. The molecule has 1 amide bonds. The number of amides is 1. The van der Waals surface area contributed by atoms with Crippen molar-refractivity contribution in [1.82, 2.24) is 10.2 Å². The second-order valence-corrected chi connectivity index (χ2v) is 3.96. The van der Waals surface area contributed by atoms with E-state index in [1.54, 1.807) is 31.1 Å². The van der Waals surface area contributed by atoms with Crippen LogP contribution < -0.4 is 5.32 Å². The van der Waals surface area contributed by atoms with Crippen molar-refractivity contribution in [3.05, 3.63) is 29.8 Å². The average Bonchev–Trinajstić information content (AvgIpc) is 2.26. The second-order valence-electron chi connectivity index (χ2n) is 3.96. The van der Waals surface area contributed by atoms with Crippen LogP contribution in [0.5, 0.6) is 5.75 Å². The van der Waals surface area contributed by atoms with Crippen molar-refractivity contribution in [2.75, 3.05) is 14.1 Å². The molecule has 1 aromatic carbocycles. The van der Waals surface area contributed by atoms with Gasteiger partial charge in [-0.1, -0.05) is 18.2 Å². The number of nitrogens with one attached hydrogen (secondary N) is 1. The first-order chi connectivity index (χ1) is 7.52. The number of nitrogens with zero attached hydrogens (tertiary/aromatic N) is 1. The fourth-order valence-corrected chi connectivity index (χ4v) is 1.40. The minimum Gasteiger partial charge on any atom is -0.508 e. The molecule has 0 fully saturated rings. The highest BCUT2D eigenvalue weighted by atomic mass is 16.3. The normalized spacial score (nSPS) is 12.2. The number of likely N-dealkylation sites (N-methyl/N-ethyl adjacent to an activating group) is 1. The van der Waals surface area contributed by atoms with Crippen molar-refractivity contribution in [3.8, 4) is 5.75 Å². The van der Waals surface area contributed by atoms with Crippen LogP contribution >= 0.6 is 0 Å². The van der Waals surface area contributed by atoms with Crippen molar-refractivity contribution >= 4 is 5.91 Å². The minimum atomic E-state index is -0.255. The summed E-state index contributed by atoms with van der Waals surface area (Å²) in [5.74, 6) is 0.273. The van der Waals surface area contributed by atoms with Gasteiger partial charge in [0.15, 0.2) is 0 Å². The number of rotatable bonds is 4. The van der Waals surface area contributed by atoms with Gasteiger partial charge in [0, 0.05) is 26.2 Å². The number of aromatic hydroxyl groups is 1. The summed E-state index contributed by atoms with van der Waals surface area (Å²) in [4.78, 5) is 13.1. The number of carbonyl (C=O) groups is 1. The van der Waals surface area contributed by atoms with Crippen molar-refractivity contribution in [2.24, 2.45) is 0 Å². The lowest BCUT2D eigenvalue weighted by Gasteiger charge is -2.18. The third-order valence-corrected chi connectivity index (χ3v) is 2.40. The number of phenolic OH excluding ortho intramolecular Hbond substituents is 1. The standard InChI is InChI=1S/C12H18N2O2/c1-9(12(16)14(2)3)13-8-10-6-4-5-7-11(10)15/h4-7,9,13,15H,8H2,1-3H3. The van der Waals surface area contributed by atoms with Gasteiger partial charge in [0.2, 0.25) is 5.91 Å². The van der Waals surface area contributed by atoms with Crippen LogP contribution in [0.25, 0.3) is 0 Å². The highest BCUT2D eigenvalue weighted by Gasteiger charge is 2.14. The number of hydrogen-bond donors (Lipinski definition) is 2. The molecule has 1 atom stereocenters. The van der Waals surface area contributed by atoms with Gasteiger partial charge in [-0.2, -0.15) is 0 Å². The van der Waals surface area contributed by atoms with E-state index >= 15 is 0 Å². The van der Waals surface area contributed by atoms with Gasteiger partial charge in [-0.3, -0.25) is 4.79 Å². The molecule has 0 saturated heterocycles. The monoisotopic (exact) mass is 222 g/mol. The SMILES string of the molecule is CC(NCc1ccccc1O)C(=O)N(C)C. The topological polar surface area (TPSA) is 52.6 Å². The molecule has 0 aliphatic carbocycles. The second kappa shape index (κ2) is 5.51. The number of benzene rings is 1. The Morgan fingerprint density at radius 2 is 2.06 bits per heavy atom. The number of para-hydroxylation sites is 1. The summed E-state index contributed by atoms with van der Waals surface area (Å²) in [5, 5.41) is 12.6. The highest BCUT2D eigenvalue weighted by molar-refractivity contribution is 5.80. The maximum atomic E-state index is 11.5. The largest absolute Gasteiger partial charge is 0.508 e. The molecule has 0 aromatic heterocycles. The predicted molar refractivity (Wildman–Crippen MR) is 63.1 cm³/mol. The van der Waals surface area contributed by atoms with Crippen molar-refractivity contribution in [1.29, 1.82) is 0 Å². The smallest absolute Gasteiger partial charge is 0.238 e. The van der Waals surface area contributed by atoms with Crippen LogP contribution in [0.1, 0.15) is 12.5 Å². The van der Waals surface area contributed by atoms with Crippen molar-refractivity contribution in [3.63, 3.8) is 0 Å². The lowest BCUT2D eigenvalue weighted by atomic mass is 10.2. The lowest BCUT2D eigenvalue weighted by molar-refractivity contribution is -0.130. The van der Waals surface area contributed by atoms with Crippen molar-refractivity contribution < 1.29 is 9.90 Å². The summed E-state index contributed by atoms with van der Waals surface area (Å²) in [6.45, 7) is 2.29. The van der Waals surface area contributed by atoms with Crippen molar-refractivity contribution in [2.45, 2.75) is 19.5 Å². The zero-order valence-electron chi connectivity index (χ0n) is 9.90. The Balaban J connectivity index is 2.52. The maximum absolute atomic E-state index is 11.5. The highest BCUT2D eigenvalue weighted by Crippen LogP contribution is 2.14. The third-order valence-electron chi connectivity index (χ3n) is 2.40. The molecular weight excluding hydrogens is 204 g/mol. The summed E-state index contributed by atoms with van der Waals surface area (Å²) in [5.41, 5.74) is 0.793. The van der Waals surface area contributed by atoms with Crippen LogP contribution in [0.2, 0.25) is 0 Å². The number of carbonyl (C=O) groups excluding carboxylic acids is 1. The van der Waals surface area contributed by atoms with Crippen LogP contribution in [0.4, 0.5) is 0 Å². The van der Waals surface area contributed by atoms with Gasteiger partial charge in [-0.05, 0) is 13.0 Å². The quantitative estimate of drug-likeness (QED) is 0.797. The van der Waals surface area contributed by atoms with E-state index in [0.717, 1.165) is 5.56 Å². The molecular formula is C12H18N2O2. The summed E-state index contributed by atoms with van der Waals surface area (Å²) in [7, 11) is 3.45. The van der Waals surface area contributed by atoms with E-state index in [4.69, 9.17) is 0 Å². The Labute approximate surface area is 95.9 Å². The zero-order chi connectivity index (χ0) is 12.1. The Bertz CT molecular complexity index is 364. The Morgan fingerprint density at radius 1 is 1.44 bits per heavy atom. The molecule has 1 rings (SSSR count). The molecule has 2 N–H and O–H groups in total. The number of hydrogen-bond acceptors (Lipinski definition) is 3. The lowest BCUT2D eigenvalue weighted by Crippen LogP contribution is -2.41. The van der Waals surface area contributed by atoms with Gasteiger partial charge in [0.25, 0.3) is 0 Å². The first-order valence-corrected chi connectivity index (χ1v) is 5.23. The van der Waals surface area contributed by atoms with E-state index in [1.165, 1.54) is 0 Å². The zero-order valence-corrected chi connectivity index (χ0v) is 9.90. The molecule has 4 nitrogen and oxygen atoms in total. The van der Waals surface area contributed by atoms with Crippen LogP contribution in [-0.4, -0.2) is 36.1 Å². The maximum Gasteiger partial charge on any atom is 0.238 e. The van der Waals surface area contributed by atoms with Gasteiger partial charge in [-0.15, -0.1) is 0 Å². The fourth-order valence-electron chi connectivity index (χ4n) is 1.40. The van der Waals surface area contributed by atoms with E-state index in [1.807, 2.05) is 19.1 Å². The fraction of sp³-hybridized carbons (Fsp3) is 0.417. The van der Waals surface area contributed by atoms with E-state index in [9.17, 15) is 9.90 Å². The van der Waals surface area contributed by atoms with E-state index in [0.29, 0.717) is 6.54 Å². The summed E-state index contributed by atoms with van der Waals surface area (Å²) >= 11 is 0. The third kappa shape index (κ3) is 3.24. The molecule has 0 aliphatic rings. The molecule has 1 aromatic rings. The van der Waals surface area contributed by atoms with Gasteiger partial charge in [0.1, 0.15) is 5.75 Å². The molecule has 1 unspecified atom stereocenters. The van der Waals surface area contributed by atoms with E-state index in [-0.39, 0.29) is 17.7 Å². The molecule has 88 valence electrons. The molecule has 16 heavy (non-hydrogen) atoms. The molecule has 0 aliphatic heterocycles. The Morgan fingerprint density at radius 3 is 2.62 bits per heavy atom. The Hall–Kier alpha value is -1.55. The molecule has 0 spiro atoms. The van der Waals surface area contributed by atoms with E-state index < -0.39 is 0 Å². The first-order valence-electron chi connectivity index (χ1n) is 5.23. The van der Waals surface area contributed by atoms with Gasteiger partial charge >= 0.3 is 0 Å². The summed E-state index contributed by atoms with van der Waals surface area (Å²) < 4.78 is 0. The van der Waals surface area contributed by atoms with Crippen LogP contribution in [0, 0.1) is 0 Å². The van der Waals surface area contributed by atoms with Gasteiger partial charge < -0.3 is 15.3 Å². The van der Waals surface area contributed by atoms with Crippen LogP contribution in [0.3, 0.4) is 0 Å². The molecule has 0 radical (unpaired) electrons. The van der Waals surface area contributed by atoms with Crippen LogP contribution in [-0.2, 0) is 11.3 Å². The molecule has 0 saturated carbocycles. The Kier molecular flexibility index (Phi) is 4.31. The number of phenols is 1. The predicted octanol–water partition coefficient (Wildman–Crippen LogP) is 0.959. The molecule has 0 bridgehead atoms.